The Hall–Kier alpha value is -2.76. The van der Waals surface area contributed by atoms with Crippen LogP contribution < -0.4 is 5.32 Å². The normalized spacial score (nSPS) is 10.6. The molecule has 1 amide bonds. The quantitative estimate of drug-likeness (QED) is 0.641. The zero-order valence-electron chi connectivity index (χ0n) is 10.6. The summed E-state index contributed by atoms with van der Waals surface area (Å²) in [5.74, 6) is 0.141. The predicted molar refractivity (Wildman–Crippen MR) is 69.3 cm³/mol. The first-order valence-electron chi connectivity index (χ1n) is 5.91. The Labute approximate surface area is 115 Å². The van der Waals surface area contributed by atoms with Gasteiger partial charge in [0.2, 0.25) is 0 Å². The highest BCUT2D eigenvalue weighted by Gasteiger charge is 2.05. The Morgan fingerprint density at radius 1 is 1.20 bits per heavy atom. The molecule has 20 heavy (non-hydrogen) atoms. The van der Waals surface area contributed by atoms with E-state index in [0.717, 1.165) is 0 Å². The van der Waals surface area contributed by atoms with Crippen LogP contribution in [0.1, 0.15) is 11.5 Å². The van der Waals surface area contributed by atoms with Crippen LogP contribution in [0.5, 0.6) is 0 Å². The summed E-state index contributed by atoms with van der Waals surface area (Å²) in [6.07, 6.45) is 5.66. The van der Waals surface area contributed by atoms with Gasteiger partial charge in [-0.3, -0.25) is 4.79 Å². The second-order valence-electron chi connectivity index (χ2n) is 3.81. The highest BCUT2D eigenvalue weighted by molar-refractivity contribution is 5.88. The van der Waals surface area contributed by atoms with Crippen LogP contribution >= 0.6 is 0 Å². The zero-order valence-corrected chi connectivity index (χ0v) is 10.6. The average molecular weight is 275 g/mol. The summed E-state index contributed by atoms with van der Waals surface area (Å²) in [6, 6.07) is 6.85. The molecule has 0 aliphatic heterocycles. The number of carbonyl (C=O) groups is 2. The minimum absolute atomic E-state index is 0.256. The molecule has 2 aromatic heterocycles. The fourth-order valence-corrected chi connectivity index (χ4v) is 1.37. The van der Waals surface area contributed by atoms with E-state index in [2.05, 4.69) is 5.32 Å². The van der Waals surface area contributed by atoms with E-state index in [4.69, 9.17) is 13.6 Å². The summed E-state index contributed by atoms with van der Waals surface area (Å²) in [6.45, 7) is -0.0896. The van der Waals surface area contributed by atoms with Crippen LogP contribution in [0, 0.1) is 0 Å². The Balaban J connectivity index is 1.66. The maximum Gasteiger partial charge on any atom is 0.331 e. The number of esters is 1. The van der Waals surface area contributed by atoms with Crippen LogP contribution in [-0.4, -0.2) is 18.5 Å². The van der Waals surface area contributed by atoms with Gasteiger partial charge in [-0.2, -0.15) is 0 Å². The maximum absolute atomic E-state index is 11.4. The van der Waals surface area contributed by atoms with Crippen molar-refractivity contribution in [1.82, 2.24) is 5.32 Å². The molecule has 0 saturated heterocycles. The number of ether oxygens (including phenoxy) is 1. The van der Waals surface area contributed by atoms with Gasteiger partial charge in [0.25, 0.3) is 5.91 Å². The van der Waals surface area contributed by atoms with Crippen molar-refractivity contribution >= 4 is 18.0 Å². The summed E-state index contributed by atoms with van der Waals surface area (Å²) in [4.78, 5) is 22.7. The molecule has 0 aliphatic carbocycles. The van der Waals surface area contributed by atoms with E-state index >= 15 is 0 Å². The van der Waals surface area contributed by atoms with Gasteiger partial charge in [0.05, 0.1) is 19.1 Å². The standard InChI is InChI=1S/C14H13NO5/c16-13(15-9-12-4-2-8-19-12)10-20-14(17)6-5-11-3-1-7-18-11/h1-8H,9-10H2,(H,15,16). The number of amides is 1. The minimum Gasteiger partial charge on any atom is -0.467 e. The van der Waals surface area contributed by atoms with Crippen molar-refractivity contribution in [2.45, 2.75) is 6.54 Å². The van der Waals surface area contributed by atoms with Crippen LogP contribution in [0.4, 0.5) is 0 Å². The third-order valence-corrected chi connectivity index (χ3v) is 2.31. The van der Waals surface area contributed by atoms with Crippen LogP contribution in [0.3, 0.4) is 0 Å². The van der Waals surface area contributed by atoms with Gasteiger partial charge in [-0.1, -0.05) is 0 Å². The van der Waals surface area contributed by atoms with Gasteiger partial charge in [-0.15, -0.1) is 0 Å². The second-order valence-corrected chi connectivity index (χ2v) is 3.81. The Morgan fingerprint density at radius 2 is 2.00 bits per heavy atom. The third kappa shape index (κ3) is 4.49. The van der Waals surface area contributed by atoms with Crippen LogP contribution in [0.15, 0.2) is 51.7 Å². The van der Waals surface area contributed by atoms with Gasteiger partial charge in [0.1, 0.15) is 11.5 Å². The minimum atomic E-state index is -0.616. The molecule has 2 aromatic rings. The Bertz CT molecular complexity index is 569. The third-order valence-electron chi connectivity index (χ3n) is 2.31. The summed E-state index contributed by atoms with van der Waals surface area (Å²) in [5, 5.41) is 2.56. The van der Waals surface area contributed by atoms with E-state index in [9.17, 15) is 9.59 Å². The lowest BCUT2D eigenvalue weighted by Crippen LogP contribution is -2.27. The van der Waals surface area contributed by atoms with Crippen molar-refractivity contribution in [3.8, 4) is 0 Å². The van der Waals surface area contributed by atoms with Gasteiger partial charge in [0.15, 0.2) is 6.61 Å². The van der Waals surface area contributed by atoms with Crippen molar-refractivity contribution in [2.24, 2.45) is 0 Å². The van der Waals surface area contributed by atoms with Crippen LogP contribution in [0.25, 0.3) is 6.08 Å². The highest BCUT2D eigenvalue weighted by atomic mass is 16.5. The lowest BCUT2D eigenvalue weighted by molar-refractivity contribution is -0.143. The summed E-state index contributed by atoms with van der Waals surface area (Å²) in [5.41, 5.74) is 0. The van der Waals surface area contributed by atoms with Crippen LogP contribution in [-0.2, 0) is 20.9 Å². The molecule has 0 saturated carbocycles. The molecule has 0 radical (unpaired) electrons. The molecule has 2 heterocycles. The molecule has 1 N–H and O–H groups in total. The number of rotatable bonds is 6. The van der Waals surface area contributed by atoms with Gasteiger partial charge >= 0.3 is 5.97 Å². The molecular weight excluding hydrogens is 262 g/mol. The van der Waals surface area contributed by atoms with Gasteiger partial charge in [-0.05, 0) is 30.3 Å². The maximum atomic E-state index is 11.4. The Morgan fingerprint density at radius 3 is 2.70 bits per heavy atom. The molecule has 2 rings (SSSR count). The van der Waals surface area contributed by atoms with Crippen molar-refractivity contribution in [2.75, 3.05) is 6.61 Å². The average Bonchev–Trinajstić information content (AvgIpc) is 3.13. The first-order valence-corrected chi connectivity index (χ1v) is 5.91. The van der Waals surface area contributed by atoms with E-state index < -0.39 is 11.9 Å². The molecule has 0 atom stereocenters. The molecule has 6 heteroatoms. The van der Waals surface area contributed by atoms with Crippen molar-refractivity contribution < 1.29 is 23.2 Å². The number of hydrogen-bond donors (Lipinski definition) is 1. The lowest BCUT2D eigenvalue weighted by atomic mass is 10.4. The molecular formula is C14H13NO5. The zero-order chi connectivity index (χ0) is 14.2. The highest BCUT2D eigenvalue weighted by Crippen LogP contribution is 2.02. The Kier molecular flexibility index (Phi) is 4.77. The summed E-state index contributed by atoms with van der Waals surface area (Å²) < 4.78 is 14.8. The van der Waals surface area contributed by atoms with Crippen molar-refractivity contribution in [1.29, 1.82) is 0 Å². The second kappa shape index (κ2) is 6.98. The summed E-state index contributed by atoms with van der Waals surface area (Å²) >= 11 is 0. The number of carbonyl (C=O) groups excluding carboxylic acids is 2. The van der Waals surface area contributed by atoms with Crippen molar-refractivity contribution in [3.63, 3.8) is 0 Å². The number of hydrogen-bond acceptors (Lipinski definition) is 5. The first kappa shape index (κ1) is 13.7. The van der Waals surface area contributed by atoms with Crippen LogP contribution in [0.2, 0.25) is 0 Å². The SMILES string of the molecule is O=C(COC(=O)C=Cc1ccco1)NCc1ccco1. The summed E-state index contributed by atoms with van der Waals surface area (Å²) in [7, 11) is 0. The van der Waals surface area contributed by atoms with Gasteiger partial charge < -0.3 is 18.9 Å². The number of furan rings is 2. The smallest absolute Gasteiger partial charge is 0.331 e. The topological polar surface area (TPSA) is 81.7 Å². The molecule has 0 unspecified atom stereocenters. The van der Waals surface area contributed by atoms with E-state index in [0.29, 0.717) is 11.5 Å². The molecule has 6 nitrogen and oxygen atoms in total. The molecule has 0 fully saturated rings. The first-order chi connectivity index (χ1) is 9.74. The fourth-order valence-electron chi connectivity index (χ4n) is 1.37. The van der Waals surface area contributed by atoms with Gasteiger partial charge in [0, 0.05) is 6.08 Å². The fraction of sp³-hybridized carbons (Fsp3) is 0.143. The number of nitrogens with one attached hydrogen (secondary N) is 1. The molecule has 0 aliphatic rings. The van der Waals surface area contributed by atoms with Gasteiger partial charge in [-0.25, -0.2) is 4.79 Å². The molecule has 0 aromatic carbocycles. The molecule has 0 spiro atoms. The predicted octanol–water partition coefficient (Wildman–Crippen LogP) is 1.75. The van der Waals surface area contributed by atoms with Crippen molar-refractivity contribution in [3.05, 3.63) is 54.4 Å². The van der Waals surface area contributed by atoms with E-state index in [1.807, 2.05) is 0 Å². The molecule has 0 bridgehead atoms. The molecule has 104 valence electrons. The van der Waals surface area contributed by atoms with E-state index in [1.165, 1.54) is 24.7 Å². The van der Waals surface area contributed by atoms with E-state index in [1.54, 1.807) is 24.3 Å². The monoisotopic (exact) mass is 275 g/mol. The lowest BCUT2D eigenvalue weighted by Gasteiger charge is -2.03. The van der Waals surface area contributed by atoms with E-state index in [-0.39, 0.29) is 13.2 Å². The largest absolute Gasteiger partial charge is 0.467 e.